The van der Waals surface area contributed by atoms with Gasteiger partial charge >= 0.3 is 0 Å². The second kappa shape index (κ2) is 7.60. The molecule has 0 spiro atoms. The Morgan fingerprint density at radius 2 is 2.00 bits per heavy atom. The van der Waals surface area contributed by atoms with Crippen LogP contribution in [0.5, 0.6) is 0 Å². The molecular weight excluding hydrogens is 300 g/mol. The molecule has 0 saturated carbocycles. The van der Waals surface area contributed by atoms with Crippen molar-refractivity contribution in [2.75, 3.05) is 16.8 Å². The second-order valence-electron chi connectivity index (χ2n) is 4.60. The lowest BCUT2D eigenvalue weighted by Crippen LogP contribution is -2.12. The number of primary amides is 1. The molecule has 1 aromatic carbocycles. The summed E-state index contributed by atoms with van der Waals surface area (Å²) in [7, 11) is 0. The lowest BCUT2D eigenvalue weighted by atomic mass is 10.3. The van der Waals surface area contributed by atoms with Gasteiger partial charge in [0.15, 0.2) is 0 Å². The molecule has 0 saturated heterocycles. The fourth-order valence-electron chi connectivity index (χ4n) is 1.71. The molecule has 7 nitrogen and oxygen atoms in total. The molecule has 0 aliphatic carbocycles. The topological polar surface area (TPSA) is 120 Å². The zero-order valence-electron chi connectivity index (χ0n) is 12.2. The van der Waals surface area contributed by atoms with Crippen LogP contribution < -0.4 is 16.8 Å². The number of rotatable bonds is 7. The molecule has 5 N–H and O–H groups in total. The van der Waals surface area contributed by atoms with E-state index in [2.05, 4.69) is 20.3 Å². The maximum absolute atomic E-state index is 10.8. The molecule has 1 heterocycles. The van der Waals surface area contributed by atoms with Crippen LogP contribution in [0.3, 0.4) is 0 Å². The number of aromatic nitrogens is 3. The molecule has 1 atom stereocenters. The van der Waals surface area contributed by atoms with Crippen molar-refractivity contribution in [3.63, 3.8) is 0 Å². The minimum Gasteiger partial charge on any atom is -0.370 e. The first-order chi connectivity index (χ1) is 10.5. The first-order valence-corrected chi connectivity index (χ1v) is 7.83. The molecule has 2 rings (SSSR count). The summed E-state index contributed by atoms with van der Waals surface area (Å²) in [4.78, 5) is 23.4. The van der Waals surface area contributed by atoms with Gasteiger partial charge in [-0.05, 0) is 19.1 Å². The highest BCUT2D eigenvalue weighted by molar-refractivity contribution is 7.99. The Morgan fingerprint density at radius 3 is 2.68 bits per heavy atom. The van der Waals surface area contributed by atoms with E-state index in [1.807, 2.05) is 37.3 Å². The molecule has 0 radical (unpaired) electrons. The van der Waals surface area contributed by atoms with Gasteiger partial charge in [-0.15, -0.1) is 0 Å². The first kappa shape index (κ1) is 16.0. The third-order valence-electron chi connectivity index (χ3n) is 2.78. The maximum Gasteiger partial charge on any atom is 0.232 e. The minimum atomic E-state index is -0.318. The summed E-state index contributed by atoms with van der Waals surface area (Å²) >= 11 is 1.54. The molecule has 0 aliphatic heterocycles. The summed E-state index contributed by atoms with van der Waals surface area (Å²) in [6, 6.07) is 9.57. The quantitative estimate of drug-likeness (QED) is 0.712. The van der Waals surface area contributed by atoms with Crippen LogP contribution in [0.15, 0.2) is 30.3 Å². The van der Waals surface area contributed by atoms with Crippen LogP contribution in [0.4, 0.5) is 17.6 Å². The van der Waals surface area contributed by atoms with Crippen molar-refractivity contribution in [2.24, 2.45) is 5.73 Å². The van der Waals surface area contributed by atoms with Crippen molar-refractivity contribution in [1.29, 1.82) is 0 Å². The summed E-state index contributed by atoms with van der Waals surface area (Å²) in [6.45, 7) is 1.95. The number of carbonyl (C=O) groups excluding carboxylic acids is 1. The van der Waals surface area contributed by atoms with E-state index in [4.69, 9.17) is 11.5 Å². The van der Waals surface area contributed by atoms with Gasteiger partial charge in [0.1, 0.15) is 5.82 Å². The second-order valence-corrected chi connectivity index (χ2v) is 6.04. The highest BCUT2D eigenvalue weighted by Gasteiger charge is 2.13. The summed E-state index contributed by atoms with van der Waals surface area (Å²) in [5.74, 6) is 1.42. The van der Waals surface area contributed by atoms with E-state index in [9.17, 15) is 4.79 Å². The van der Waals surface area contributed by atoms with E-state index in [1.165, 1.54) is 0 Å². The van der Waals surface area contributed by atoms with Gasteiger partial charge in [-0.1, -0.05) is 18.2 Å². The Kier molecular flexibility index (Phi) is 5.54. The number of hydrogen-bond donors (Lipinski definition) is 3. The number of amides is 1. The number of nitrogens with zero attached hydrogens (tertiary/aromatic N) is 3. The van der Waals surface area contributed by atoms with Crippen LogP contribution in [0.25, 0.3) is 0 Å². The number of nitrogens with one attached hydrogen (secondary N) is 1. The van der Waals surface area contributed by atoms with E-state index in [-0.39, 0.29) is 17.1 Å². The monoisotopic (exact) mass is 318 g/mol. The Labute approximate surface area is 132 Å². The summed E-state index contributed by atoms with van der Waals surface area (Å²) in [6.07, 6.45) is 0.324. The predicted molar refractivity (Wildman–Crippen MR) is 88.6 cm³/mol. The summed E-state index contributed by atoms with van der Waals surface area (Å²) in [5, 5.41) is 3.08. The van der Waals surface area contributed by atoms with E-state index < -0.39 is 0 Å². The number of carbonyl (C=O) groups is 1. The van der Waals surface area contributed by atoms with Gasteiger partial charge in [0.25, 0.3) is 0 Å². The van der Waals surface area contributed by atoms with E-state index in [1.54, 1.807) is 11.8 Å². The molecule has 0 bridgehead atoms. The van der Waals surface area contributed by atoms with Crippen molar-refractivity contribution in [1.82, 2.24) is 15.0 Å². The lowest BCUT2D eigenvalue weighted by Gasteiger charge is -2.11. The van der Waals surface area contributed by atoms with E-state index in [0.717, 1.165) is 5.69 Å². The minimum absolute atomic E-state index is 0.0130. The number of hydrogen-bond acceptors (Lipinski definition) is 7. The Bertz CT molecular complexity index is 636. The van der Waals surface area contributed by atoms with Crippen LogP contribution in [0.1, 0.15) is 24.4 Å². The predicted octanol–water partition coefficient (Wildman–Crippen LogP) is 1.87. The molecule has 116 valence electrons. The van der Waals surface area contributed by atoms with Crippen molar-refractivity contribution < 1.29 is 4.79 Å². The molecule has 1 amide bonds. The standard InChI is InChI=1S/C14H18N6OS/c1-9(22-8-7-11(15)21)12-18-13(16)20-14(19-12)17-10-5-3-2-4-6-10/h2-6,9H,7-8H2,1H3,(H2,15,21)(H3,16,17,18,19,20). The molecule has 22 heavy (non-hydrogen) atoms. The van der Waals surface area contributed by atoms with Crippen LogP contribution >= 0.6 is 11.8 Å². The Balaban J connectivity index is 2.07. The first-order valence-electron chi connectivity index (χ1n) is 6.78. The van der Waals surface area contributed by atoms with Gasteiger partial charge in [-0.3, -0.25) is 4.79 Å². The van der Waals surface area contributed by atoms with E-state index >= 15 is 0 Å². The van der Waals surface area contributed by atoms with Gasteiger partial charge in [0.05, 0.1) is 5.25 Å². The van der Waals surface area contributed by atoms with Gasteiger partial charge in [-0.25, -0.2) is 0 Å². The number of benzene rings is 1. The smallest absolute Gasteiger partial charge is 0.232 e. The van der Waals surface area contributed by atoms with Gasteiger partial charge < -0.3 is 16.8 Å². The molecule has 2 aromatic rings. The van der Waals surface area contributed by atoms with Crippen molar-refractivity contribution in [3.05, 3.63) is 36.2 Å². The zero-order chi connectivity index (χ0) is 15.9. The fraction of sp³-hybridized carbons (Fsp3) is 0.286. The Hall–Kier alpha value is -2.35. The summed E-state index contributed by atoms with van der Waals surface area (Å²) < 4.78 is 0. The van der Waals surface area contributed by atoms with Gasteiger partial charge in [0, 0.05) is 17.9 Å². The SMILES string of the molecule is CC(SCCC(N)=O)c1nc(N)nc(Nc2ccccc2)n1. The van der Waals surface area contributed by atoms with E-state index in [0.29, 0.717) is 23.9 Å². The van der Waals surface area contributed by atoms with Crippen LogP contribution in [0, 0.1) is 0 Å². The number of nitrogens with two attached hydrogens (primary N) is 2. The summed E-state index contributed by atoms with van der Waals surface area (Å²) in [5.41, 5.74) is 11.7. The maximum atomic E-state index is 10.8. The number of anilines is 3. The number of para-hydroxylation sites is 1. The normalized spacial score (nSPS) is 11.9. The average Bonchev–Trinajstić information content (AvgIpc) is 2.47. The number of thioether (sulfide) groups is 1. The largest absolute Gasteiger partial charge is 0.370 e. The molecule has 0 aliphatic rings. The lowest BCUT2D eigenvalue weighted by molar-refractivity contribution is -0.117. The molecule has 0 fully saturated rings. The molecular formula is C14H18N6OS. The zero-order valence-corrected chi connectivity index (χ0v) is 13.0. The van der Waals surface area contributed by atoms with Crippen LogP contribution in [-0.4, -0.2) is 26.6 Å². The van der Waals surface area contributed by atoms with Crippen LogP contribution in [-0.2, 0) is 4.79 Å². The number of nitrogen functional groups attached to an aromatic ring is 1. The van der Waals surface area contributed by atoms with Crippen molar-refractivity contribution in [2.45, 2.75) is 18.6 Å². The third-order valence-corrected chi connectivity index (χ3v) is 3.93. The molecule has 1 aromatic heterocycles. The molecule has 8 heteroatoms. The third kappa shape index (κ3) is 4.88. The van der Waals surface area contributed by atoms with Crippen molar-refractivity contribution in [3.8, 4) is 0 Å². The fourth-order valence-corrected chi connectivity index (χ4v) is 2.64. The highest BCUT2D eigenvalue weighted by Crippen LogP contribution is 2.27. The molecule has 1 unspecified atom stereocenters. The van der Waals surface area contributed by atoms with Crippen molar-refractivity contribution >= 4 is 35.3 Å². The average molecular weight is 318 g/mol. The van der Waals surface area contributed by atoms with Gasteiger partial charge in [0.2, 0.25) is 17.8 Å². The Morgan fingerprint density at radius 1 is 1.27 bits per heavy atom. The highest BCUT2D eigenvalue weighted by atomic mass is 32.2. The van der Waals surface area contributed by atoms with Gasteiger partial charge in [-0.2, -0.15) is 26.7 Å². The van der Waals surface area contributed by atoms with Crippen LogP contribution in [0.2, 0.25) is 0 Å².